The fraction of sp³-hybridized carbons (Fsp3) is 0.0833. The van der Waals surface area contributed by atoms with Crippen LogP contribution >= 0.6 is 15.9 Å². The molecule has 1 heterocycles. The van der Waals surface area contributed by atoms with Crippen LogP contribution in [0.4, 0.5) is 0 Å². The molecule has 0 spiro atoms. The van der Waals surface area contributed by atoms with Crippen LogP contribution in [0.5, 0.6) is 0 Å². The zero-order chi connectivity index (χ0) is 17.6. The Morgan fingerprint density at radius 2 is 1.38 bits per heavy atom. The van der Waals surface area contributed by atoms with Crippen molar-refractivity contribution in [3.8, 4) is 0 Å². The summed E-state index contributed by atoms with van der Waals surface area (Å²) >= 11 is 3.79. The van der Waals surface area contributed by atoms with Gasteiger partial charge in [0, 0.05) is 20.8 Å². The van der Waals surface area contributed by atoms with E-state index in [1.165, 1.54) is 69.7 Å². The number of rotatable bonds is 0. The fourth-order valence-corrected chi connectivity index (χ4v) is 5.40. The number of halogens is 1. The first kappa shape index (κ1) is 14.6. The van der Waals surface area contributed by atoms with E-state index in [2.05, 4.69) is 89.4 Å². The number of benzene rings is 5. The van der Waals surface area contributed by atoms with E-state index in [4.69, 9.17) is 0 Å². The highest BCUT2D eigenvalue weighted by atomic mass is 79.9. The van der Waals surface area contributed by atoms with Gasteiger partial charge in [0.25, 0.3) is 0 Å². The minimum atomic E-state index is 1.17. The molecule has 0 fully saturated rings. The van der Waals surface area contributed by atoms with Crippen LogP contribution < -0.4 is 0 Å². The van der Waals surface area contributed by atoms with Crippen molar-refractivity contribution >= 4 is 70.1 Å². The summed E-state index contributed by atoms with van der Waals surface area (Å²) in [6.07, 6.45) is 0. The van der Waals surface area contributed by atoms with Gasteiger partial charge >= 0.3 is 0 Å². The molecule has 2 heteroatoms. The van der Waals surface area contributed by atoms with Gasteiger partial charge in [-0.05, 0) is 69.4 Å². The zero-order valence-electron chi connectivity index (χ0n) is 14.6. The van der Waals surface area contributed by atoms with Crippen molar-refractivity contribution in [2.24, 2.45) is 0 Å². The van der Waals surface area contributed by atoms with Gasteiger partial charge in [-0.2, -0.15) is 0 Å². The van der Waals surface area contributed by atoms with Crippen LogP contribution in [0.15, 0.2) is 59.1 Å². The van der Waals surface area contributed by atoms with E-state index < -0.39 is 0 Å². The molecule has 26 heavy (non-hydrogen) atoms. The number of para-hydroxylation sites is 1. The predicted octanol–water partition coefficient (Wildman–Crippen LogP) is 7.60. The number of aryl methyl sites for hydroxylation is 2. The summed E-state index contributed by atoms with van der Waals surface area (Å²) in [6.45, 7) is 4.44. The lowest BCUT2D eigenvalue weighted by Crippen LogP contribution is -1.90. The molecule has 1 nitrogen and oxygen atoms in total. The Balaban J connectivity index is 2.05. The second-order valence-electron chi connectivity index (χ2n) is 7.29. The van der Waals surface area contributed by atoms with Gasteiger partial charge < -0.3 is 4.98 Å². The van der Waals surface area contributed by atoms with E-state index in [1.807, 2.05) is 0 Å². The van der Waals surface area contributed by atoms with E-state index in [9.17, 15) is 0 Å². The average Bonchev–Trinajstić information content (AvgIpc) is 3.04. The monoisotopic (exact) mass is 397 g/mol. The molecule has 0 radical (unpaired) electrons. The lowest BCUT2D eigenvalue weighted by atomic mass is 9.88. The second-order valence-corrected chi connectivity index (χ2v) is 8.15. The summed E-state index contributed by atoms with van der Waals surface area (Å²) in [7, 11) is 0. The van der Waals surface area contributed by atoms with E-state index in [0.717, 1.165) is 0 Å². The molecule has 6 rings (SSSR count). The number of hydrogen-bond acceptors (Lipinski definition) is 0. The van der Waals surface area contributed by atoms with Crippen molar-refractivity contribution in [1.29, 1.82) is 0 Å². The molecule has 0 saturated heterocycles. The highest BCUT2D eigenvalue weighted by Crippen LogP contribution is 2.44. The summed E-state index contributed by atoms with van der Waals surface area (Å²) in [5, 5.41) is 10.7. The number of nitrogens with one attached hydrogen (secondary N) is 1. The SMILES string of the molecule is Cc1cc(Br)c2ccc3c(C)c4[nH]c5ccccc5c4c4ccc1c2c34. The lowest BCUT2D eigenvalue weighted by Gasteiger charge is -2.16. The molecule has 1 N–H and O–H groups in total. The van der Waals surface area contributed by atoms with E-state index in [0.29, 0.717) is 0 Å². The summed E-state index contributed by atoms with van der Waals surface area (Å²) in [5.41, 5.74) is 5.11. The fourth-order valence-electron chi connectivity index (χ4n) is 4.73. The average molecular weight is 398 g/mol. The minimum absolute atomic E-state index is 1.17. The van der Waals surface area contributed by atoms with Crippen molar-refractivity contribution < 1.29 is 0 Å². The van der Waals surface area contributed by atoms with Gasteiger partial charge in [-0.1, -0.05) is 58.4 Å². The summed E-state index contributed by atoms with van der Waals surface area (Å²) < 4.78 is 1.17. The molecule has 0 aliphatic rings. The molecule has 0 amide bonds. The van der Waals surface area contributed by atoms with Crippen LogP contribution in [0.2, 0.25) is 0 Å². The first-order chi connectivity index (χ1) is 12.6. The molecule has 0 bridgehead atoms. The van der Waals surface area contributed by atoms with Crippen molar-refractivity contribution in [2.45, 2.75) is 13.8 Å². The normalized spacial score (nSPS) is 12.4. The summed E-state index contributed by atoms with van der Waals surface area (Å²) in [4.78, 5) is 3.66. The highest BCUT2D eigenvalue weighted by molar-refractivity contribution is 9.10. The molecular formula is C24H16BrN. The Labute approximate surface area is 159 Å². The van der Waals surface area contributed by atoms with E-state index >= 15 is 0 Å². The molecule has 0 atom stereocenters. The lowest BCUT2D eigenvalue weighted by molar-refractivity contribution is 1.48. The topological polar surface area (TPSA) is 15.8 Å². The van der Waals surface area contributed by atoms with E-state index in [1.54, 1.807) is 0 Å². The van der Waals surface area contributed by atoms with Crippen LogP contribution in [0.1, 0.15) is 11.1 Å². The smallest absolute Gasteiger partial charge is 0.0507 e. The molecule has 0 aliphatic carbocycles. The van der Waals surface area contributed by atoms with Gasteiger partial charge in [-0.3, -0.25) is 0 Å². The van der Waals surface area contributed by atoms with Crippen LogP contribution in [0, 0.1) is 13.8 Å². The Kier molecular flexibility index (Phi) is 2.68. The molecular weight excluding hydrogens is 382 g/mol. The second kappa shape index (κ2) is 4.77. The van der Waals surface area contributed by atoms with Gasteiger partial charge in [-0.15, -0.1) is 0 Å². The third-order valence-electron chi connectivity index (χ3n) is 5.94. The summed E-state index contributed by atoms with van der Waals surface area (Å²) in [6, 6.07) is 20.0. The van der Waals surface area contributed by atoms with Crippen LogP contribution in [0.25, 0.3) is 54.1 Å². The maximum Gasteiger partial charge on any atom is 0.0507 e. The van der Waals surface area contributed by atoms with Crippen LogP contribution in [0.3, 0.4) is 0 Å². The molecule has 1 aromatic heterocycles. The molecule has 0 saturated carbocycles. The Morgan fingerprint density at radius 1 is 0.692 bits per heavy atom. The van der Waals surface area contributed by atoms with Crippen LogP contribution in [-0.2, 0) is 0 Å². The standard InChI is InChI=1S/C24H16BrN/c1-12-11-19(25)16-9-8-15-13(2)24-23(17-5-3-4-6-20(17)26-24)18-10-7-14(12)21(16)22(15)18/h3-11,26H,1-2H3. The first-order valence-corrected chi connectivity index (χ1v) is 9.71. The van der Waals surface area contributed by atoms with Crippen molar-refractivity contribution in [3.05, 3.63) is 70.2 Å². The summed E-state index contributed by atoms with van der Waals surface area (Å²) in [5.74, 6) is 0. The third-order valence-corrected chi connectivity index (χ3v) is 6.60. The zero-order valence-corrected chi connectivity index (χ0v) is 16.2. The predicted molar refractivity (Wildman–Crippen MR) is 117 cm³/mol. The molecule has 5 aromatic carbocycles. The number of fused-ring (bicyclic) bond motifs is 4. The quantitative estimate of drug-likeness (QED) is 0.254. The molecule has 0 unspecified atom stereocenters. The number of aromatic amines is 1. The Morgan fingerprint density at radius 3 is 2.27 bits per heavy atom. The Bertz CT molecular complexity index is 1480. The molecule has 6 aromatic rings. The van der Waals surface area contributed by atoms with E-state index in [-0.39, 0.29) is 0 Å². The van der Waals surface area contributed by atoms with Gasteiger partial charge in [0.1, 0.15) is 0 Å². The number of H-pyrrole nitrogens is 1. The van der Waals surface area contributed by atoms with Crippen LogP contribution in [-0.4, -0.2) is 4.98 Å². The Hall–Kier alpha value is -2.58. The number of hydrogen-bond donors (Lipinski definition) is 1. The van der Waals surface area contributed by atoms with Crippen molar-refractivity contribution in [1.82, 2.24) is 4.98 Å². The maximum absolute atomic E-state index is 3.79. The highest BCUT2D eigenvalue weighted by Gasteiger charge is 2.18. The minimum Gasteiger partial charge on any atom is -0.354 e. The molecule has 0 aliphatic heterocycles. The van der Waals surface area contributed by atoms with Gasteiger partial charge in [0.2, 0.25) is 0 Å². The van der Waals surface area contributed by atoms with Crippen molar-refractivity contribution in [3.63, 3.8) is 0 Å². The first-order valence-electron chi connectivity index (χ1n) is 8.92. The van der Waals surface area contributed by atoms with Gasteiger partial charge in [0.15, 0.2) is 0 Å². The third kappa shape index (κ3) is 1.61. The van der Waals surface area contributed by atoms with Crippen molar-refractivity contribution in [2.75, 3.05) is 0 Å². The van der Waals surface area contributed by atoms with Gasteiger partial charge in [-0.25, -0.2) is 0 Å². The van der Waals surface area contributed by atoms with Gasteiger partial charge in [0.05, 0.1) is 5.52 Å². The molecule has 124 valence electrons. The largest absolute Gasteiger partial charge is 0.354 e. The number of aromatic nitrogens is 1. The maximum atomic E-state index is 3.79.